The largest absolute Gasteiger partial charge is 0.399 e. The van der Waals surface area contributed by atoms with E-state index in [1.54, 1.807) is 0 Å². The first-order valence-corrected chi connectivity index (χ1v) is 7.01. The standard InChI is InChI=1S/C13H12BrIN2/c1-8-6-10(3-5-12(8)16)17-13-7-9(15)2-4-11(13)14/h2-7,17H,16H2,1H3. The van der Waals surface area contributed by atoms with E-state index in [2.05, 4.69) is 56.0 Å². The van der Waals surface area contributed by atoms with Crippen LogP contribution in [0, 0.1) is 10.5 Å². The lowest BCUT2D eigenvalue weighted by Crippen LogP contribution is -1.95. The summed E-state index contributed by atoms with van der Waals surface area (Å²) in [5.41, 5.74) is 9.79. The number of nitrogens with one attached hydrogen (secondary N) is 1. The molecule has 0 aliphatic rings. The first kappa shape index (κ1) is 12.7. The Morgan fingerprint density at radius 1 is 1.18 bits per heavy atom. The van der Waals surface area contributed by atoms with Gasteiger partial charge in [0.15, 0.2) is 0 Å². The fraction of sp³-hybridized carbons (Fsp3) is 0.0769. The lowest BCUT2D eigenvalue weighted by atomic mass is 10.2. The second-order valence-electron chi connectivity index (χ2n) is 3.82. The van der Waals surface area contributed by atoms with Crippen molar-refractivity contribution in [3.63, 3.8) is 0 Å². The molecule has 0 unspecified atom stereocenters. The number of benzene rings is 2. The lowest BCUT2D eigenvalue weighted by Gasteiger charge is -2.10. The summed E-state index contributed by atoms with van der Waals surface area (Å²) in [6, 6.07) is 12.1. The maximum Gasteiger partial charge on any atom is 0.0539 e. The van der Waals surface area contributed by atoms with Gasteiger partial charge < -0.3 is 11.1 Å². The Hall–Kier alpha value is -0.750. The summed E-state index contributed by atoms with van der Waals surface area (Å²) in [4.78, 5) is 0. The Morgan fingerprint density at radius 2 is 1.94 bits per heavy atom. The number of hydrogen-bond donors (Lipinski definition) is 2. The normalized spacial score (nSPS) is 10.3. The number of hydrogen-bond acceptors (Lipinski definition) is 2. The number of nitrogen functional groups attached to an aromatic ring is 1. The van der Waals surface area contributed by atoms with Crippen LogP contribution in [0.2, 0.25) is 0 Å². The van der Waals surface area contributed by atoms with Crippen molar-refractivity contribution in [1.29, 1.82) is 0 Å². The van der Waals surface area contributed by atoms with Crippen molar-refractivity contribution in [2.24, 2.45) is 0 Å². The molecule has 0 aliphatic carbocycles. The first-order chi connectivity index (χ1) is 8.06. The van der Waals surface area contributed by atoms with E-state index in [9.17, 15) is 0 Å². The van der Waals surface area contributed by atoms with Crippen LogP contribution in [0.5, 0.6) is 0 Å². The van der Waals surface area contributed by atoms with Crippen molar-refractivity contribution < 1.29 is 0 Å². The van der Waals surface area contributed by atoms with Crippen molar-refractivity contribution in [3.8, 4) is 0 Å². The zero-order valence-electron chi connectivity index (χ0n) is 9.30. The van der Waals surface area contributed by atoms with Gasteiger partial charge in [0.2, 0.25) is 0 Å². The van der Waals surface area contributed by atoms with Gasteiger partial charge in [0.1, 0.15) is 0 Å². The van der Waals surface area contributed by atoms with Gasteiger partial charge in [-0.3, -0.25) is 0 Å². The minimum Gasteiger partial charge on any atom is -0.399 e. The number of halogens is 2. The van der Waals surface area contributed by atoms with E-state index in [-0.39, 0.29) is 0 Å². The molecule has 0 fully saturated rings. The molecule has 0 amide bonds. The summed E-state index contributed by atoms with van der Waals surface area (Å²) in [5.74, 6) is 0. The predicted octanol–water partition coefficient (Wildman–Crippen LogP) is 4.69. The molecule has 0 aliphatic heterocycles. The smallest absolute Gasteiger partial charge is 0.0539 e. The van der Waals surface area contributed by atoms with Gasteiger partial charge in [-0.15, -0.1) is 0 Å². The minimum atomic E-state index is 0.817. The molecule has 0 bridgehead atoms. The highest BCUT2D eigenvalue weighted by atomic mass is 127. The van der Waals surface area contributed by atoms with Gasteiger partial charge in [-0.2, -0.15) is 0 Å². The maximum absolute atomic E-state index is 5.80. The second kappa shape index (κ2) is 5.27. The number of anilines is 3. The van der Waals surface area contributed by atoms with Gasteiger partial charge >= 0.3 is 0 Å². The van der Waals surface area contributed by atoms with Gasteiger partial charge in [-0.05, 0) is 87.4 Å². The zero-order chi connectivity index (χ0) is 12.4. The molecule has 17 heavy (non-hydrogen) atoms. The Bertz CT molecular complexity index is 555. The molecule has 0 heterocycles. The van der Waals surface area contributed by atoms with E-state index in [0.29, 0.717) is 0 Å². The average Bonchev–Trinajstić information content (AvgIpc) is 2.29. The maximum atomic E-state index is 5.80. The topological polar surface area (TPSA) is 38.0 Å². The molecule has 0 radical (unpaired) electrons. The molecule has 88 valence electrons. The highest BCUT2D eigenvalue weighted by Crippen LogP contribution is 2.28. The van der Waals surface area contributed by atoms with Crippen molar-refractivity contribution in [1.82, 2.24) is 0 Å². The van der Waals surface area contributed by atoms with Gasteiger partial charge in [0.25, 0.3) is 0 Å². The average molecular weight is 403 g/mol. The molecule has 2 rings (SSSR count). The molecule has 0 saturated carbocycles. The number of aryl methyl sites for hydroxylation is 1. The molecule has 3 N–H and O–H groups in total. The van der Waals surface area contributed by atoms with Gasteiger partial charge in [0.05, 0.1) is 5.69 Å². The van der Waals surface area contributed by atoms with Crippen LogP contribution in [0.1, 0.15) is 5.56 Å². The van der Waals surface area contributed by atoms with E-state index in [4.69, 9.17) is 5.73 Å². The van der Waals surface area contributed by atoms with E-state index in [1.165, 1.54) is 3.57 Å². The molecule has 2 aromatic carbocycles. The van der Waals surface area contributed by atoms with Crippen LogP contribution < -0.4 is 11.1 Å². The SMILES string of the molecule is Cc1cc(Nc2cc(I)ccc2Br)ccc1N. The third-order valence-electron chi connectivity index (χ3n) is 2.48. The van der Waals surface area contributed by atoms with Crippen LogP contribution in [0.3, 0.4) is 0 Å². The molecule has 2 nitrogen and oxygen atoms in total. The molecule has 2 aromatic rings. The Kier molecular flexibility index (Phi) is 3.93. The van der Waals surface area contributed by atoms with Crippen LogP contribution in [0.15, 0.2) is 40.9 Å². The van der Waals surface area contributed by atoms with Crippen molar-refractivity contribution in [2.75, 3.05) is 11.1 Å². The highest BCUT2D eigenvalue weighted by molar-refractivity contribution is 14.1. The van der Waals surface area contributed by atoms with Crippen LogP contribution in [-0.2, 0) is 0 Å². The minimum absolute atomic E-state index is 0.817. The summed E-state index contributed by atoms with van der Waals surface area (Å²) < 4.78 is 2.24. The molecule has 4 heteroatoms. The summed E-state index contributed by atoms with van der Waals surface area (Å²) in [5, 5.41) is 3.37. The van der Waals surface area contributed by atoms with Gasteiger partial charge in [-0.25, -0.2) is 0 Å². The molecule has 0 atom stereocenters. The van der Waals surface area contributed by atoms with E-state index >= 15 is 0 Å². The fourth-order valence-electron chi connectivity index (χ4n) is 1.50. The Balaban J connectivity index is 2.31. The summed E-state index contributed by atoms with van der Waals surface area (Å²) >= 11 is 5.83. The molecular formula is C13H12BrIN2. The first-order valence-electron chi connectivity index (χ1n) is 5.14. The van der Waals surface area contributed by atoms with E-state index in [1.807, 2.05) is 31.2 Å². The van der Waals surface area contributed by atoms with Crippen LogP contribution in [0.25, 0.3) is 0 Å². The van der Waals surface area contributed by atoms with Crippen LogP contribution in [-0.4, -0.2) is 0 Å². The Labute approximate surface area is 123 Å². The molecule has 0 spiro atoms. The fourth-order valence-corrected chi connectivity index (χ4v) is 2.34. The number of rotatable bonds is 2. The van der Waals surface area contributed by atoms with Crippen molar-refractivity contribution in [3.05, 3.63) is 50.0 Å². The summed E-state index contributed by atoms with van der Waals surface area (Å²) in [7, 11) is 0. The predicted molar refractivity (Wildman–Crippen MR) is 85.7 cm³/mol. The summed E-state index contributed by atoms with van der Waals surface area (Å²) in [6.07, 6.45) is 0. The van der Waals surface area contributed by atoms with Crippen LogP contribution >= 0.6 is 38.5 Å². The van der Waals surface area contributed by atoms with Crippen molar-refractivity contribution >= 4 is 55.6 Å². The third kappa shape index (κ3) is 3.13. The van der Waals surface area contributed by atoms with Crippen molar-refractivity contribution in [2.45, 2.75) is 6.92 Å². The zero-order valence-corrected chi connectivity index (χ0v) is 13.0. The highest BCUT2D eigenvalue weighted by Gasteiger charge is 2.02. The quantitative estimate of drug-likeness (QED) is 0.565. The molecular weight excluding hydrogens is 391 g/mol. The van der Waals surface area contributed by atoms with E-state index in [0.717, 1.165) is 27.1 Å². The Morgan fingerprint density at radius 3 is 2.65 bits per heavy atom. The van der Waals surface area contributed by atoms with Crippen LogP contribution in [0.4, 0.5) is 17.1 Å². The third-order valence-corrected chi connectivity index (χ3v) is 3.84. The monoisotopic (exact) mass is 402 g/mol. The molecule has 0 saturated heterocycles. The second-order valence-corrected chi connectivity index (χ2v) is 5.92. The van der Waals surface area contributed by atoms with Gasteiger partial charge in [-0.1, -0.05) is 0 Å². The molecule has 0 aromatic heterocycles. The summed E-state index contributed by atoms with van der Waals surface area (Å²) in [6.45, 7) is 2.00. The van der Waals surface area contributed by atoms with E-state index < -0.39 is 0 Å². The van der Waals surface area contributed by atoms with Gasteiger partial charge in [0, 0.05) is 19.4 Å². The number of nitrogens with two attached hydrogens (primary N) is 1. The lowest BCUT2D eigenvalue weighted by molar-refractivity contribution is 1.44.